The van der Waals surface area contributed by atoms with Gasteiger partial charge in [0, 0.05) is 17.4 Å². The number of hydrazine groups is 1. The molecule has 3 rings (SSSR count). The first-order valence-corrected chi connectivity index (χ1v) is 7.75. The smallest absolute Gasteiger partial charge is 0.267 e. The molecule has 8 heteroatoms. The monoisotopic (exact) mass is 355 g/mol. The van der Waals surface area contributed by atoms with Crippen LogP contribution in [0.2, 0.25) is 5.02 Å². The molecule has 7 nitrogen and oxygen atoms in total. The van der Waals surface area contributed by atoms with E-state index in [2.05, 4.69) is 20.9 Å². The number of aromatic nitrogens is 3. The summed E-state index contributed by atoms with van der Waals surface area (Å²) < 4.78 is 1.60. The van der Waals surface area contributed by atoms with E-state index in [1.54, 1.807) is 48.1 Å². The van der Waals surface area contributed by atoms with E-state index in [1.807, 2.05) is 6.07 Å². The van der Waals surface area contributed by atoms with Gasteiger partial charge in [0.15, 0.2) is 0 Å². The standard InChI is InChI=1S/C17H14ClN5O2/c1-11-15(10-20-23(11)14-6-2-5-13(18)8-14)17(25)22-21-16(24)12-4-3-7-19-9-12/h2-10H,1H3,(H,21,24)(H,22,25). The Hall–Kier alpha value is -3.19. The average molecular weight is 356 g/mol. The lowest BCUT2D eigenvalue weighted by atomic mass is 10.2. The Labute approximate surface area is 148 Å². The van der Waals surface area contributed by atoms with E-state index in [0.717, 1.165) is 5.69 Å². The molecule has 1 aromatic carbocycles. The third kappa shape index (κ3) is 3.67. The van der Waals surface area contributed by atoms with Crippen molar-refractivity contribution in [2.24, 2.45) is 0 Å². The van der Waals surface area contributed by atoms with E-state index in [0.29, 0.717) is 21.8 Å². The number of amides is 2. The fourth-order valence-electron chi connectivity index (χ4n) is 2.25. The molecular weight excluding hydrogens is 342 g/mol. The molecule has 0 bridgehead atoms. The van der Waals surface area contributed by atoms with Crippen molar-refractivity contribution < 1.29 is 9.59 Å². The molecule has 25 heavy (non-hydrogen) atoms. The van der Waals surface area contributed by atoms with Crippen molar-refractivity contribution in [3.8, 4) is 5.69 Å². The minimum atomic E-state index is -0.469. The van der Waals surface area contributed by atoms with Gasteiger partial charge in [-0.05, 0) is 37.3 Å². The van der Waals surface area contributed by atoms with E-state index in [1.165, 1.54) is 12.4 Å². The highest BCUT2D eigenvalue weighted by Gasteiger charge is 2.16. The predicted molar refractivity (Wildman–Crippen MR) is 92.5 cm³/mol. The Kier molecular flexibility index (Phi) is 4.76. The van der Waals surface area contributed by atoms with Crippen LogP contribution in [0, 0.1) is 6.92 Å². The second-order valence-electron chi connectivity index (χ2n) is 5.19. The van der Waals surface area contributed by atoms with E-state index < -0.39 is 11.8 Å². The van der Waals surface area contributed by atoms with Crippen LogP contribution >= 0.6 is 11.6 Å². The van der Waals surface area contributed by atoms with Crippen LogP contribution in [0.5, 0.6) is 0 Å². The zero-order valence-electron chi connectivity index (χ0n) is 13.2. The van der Waals surface area contributed by atoms with E-state index in [-0.39, 0.29) is 0 Å². The molecule has 0 atom stereocenters. The average Bonchev–Trinajstić information content (AvgIpc) is 3.01. The summed E-state index contributed by atoms with van der Waals surface area (Å²) >= 11 is 5.99. The number of pyridine rings is 1. The predicted octanol–water partition coefficient (Wildman–Crippen LogP) is 2.30. The van der Waals surface area contributed by atoms with Crippen molar-refractivity contribution >= 4 is 23.4 Å². The van der Waals surface area contributed by atoms with E-state index >= 15 is 0 Å². The second kappa shape index (κ2) is 7.14. The molecule has 2 N–H and O–H groups in total. The van der Waals surface area contributed by atoms with Crippen LogP contribution in [-0.4, -0.2) is 26.6 Å². The zero-order valence-corrected chi connectivity index (χ0v) is 14.0. The van der Waals surface area contributed by atoms with Crippen molar-refractivity contribution in [1.82, 2.24) is 25.6 Å². The molecule has 0 spiro atoms. The number of carbonyl (C=O) groups excluding carboxylic acids is 2. The van der Waals surface area contributed by atoms with Gasteiger partial charge < -0.3 is 0 Å². The van der Waals surface area contributed by atoms with E-state index in [4.69, 9.17) is 11.6 Å². The van der Waals surface area contributed by atoms with Crippen molar-refractivity contribution in [2.75, 3.05) is 0 Å². The van der Waals surface area contributed by atoms with Crippen LogP contribution in [0.3, 0.4) is 0 Å². The zero-order chi connectivity index (χ0) is 17.8. The number of rotatable bonds is 3. The van der Waals surface area contributed by atoms with Crippen LogP contribution < -0.4 is 10.9 Å². The Morgan fingerprint density at radius 1 is 1.08 bits per heavy atom. The second-order valence-corrected chi connectivity index (χ2v) is 5.62. The van der Waals surface area contributed by atoms with Crippen LogP contribution in [0.25, 0.3) is 5.69 Å². The minimum absolute atomic E-state index is 0.339. The number of carbonyl (C=O) groups is 2. The Morgan fingerprint density at radius 2 is 1.88 bits per heavy atom. The largest absolute Gasteiger partial charge is 0.273 e. The maximum absolute atomic E-state index is 12.3. The molecule has 0 saturated heterocycles. The number of hydrogen-bond acceptors (Lipinski definition) is 4. The lowest BCUT2D eigenvalue weighted by Crippen LogP contribution is -2.41. The molecule has 2 heterocycles. The molecule has 3 aromatic rings. The Morgan fingerprint density at radius 3 is 2.60 bits per heavy atom. The van der Waals surface area contributed by atoms with Gasteiger partial charge in [-0.3, -0.25) is 25.4 Å². The molecule has 126 valence electrons. The van der Waals surface area contributed by atoms with Gasteiger partial charge in [0.05, 0.1) is 28.7 Å². The number of nitrogens with one attached hydrogen (secondary N) is 2. The van der Waals surface area contributed by atoms with Gasteiger partial charge in [0.2, 0.25) is 0 Å². The highest BCUT2D eigenvalue weighted by Crippen LogP contribution is 2.17. The topological polar surface area (TPSA) is 88.9 Å². The van der Waals surface area contributed by atoms with Crippen molar-refractivity contribution in [3.05, 3.63) is 76.8 Å². The third-order valence-corrected chi connectivity index (χ3v) is 3.76. The third-order valence-electron chi connectivity index (χ3n) is 3.52. The molecule has 2 aromatic heterocycles. The number of hydrogen-bond donors (Lipinski definition) is 2. The first-order chi connectivity index (χ1) is 12.1. The Bertz CT molecular complexity index is 924. The number of nitrogens with zero attached hydrogens (tertiary/aromatic N) is 3. The molecule has 0 fully saturated rings. The summed E-state index contributed by atoms with van der Waals surface area (Å²) in [6.07, 6.45) is 4.40. The van der Waals surface area contributed by atoms with Gasteiger partial charge in [0.25, 0.3) is 11.8 Å². The van der Waals surface area contributed by atoms with Gasteiger partial charge in [0.1, 0.15) is 0 Å². The van der Waals surface area contributed by atoms with Crippen LogP contribution in [0.1, 0.15) is 26.4 Å². The minimum Gasteiger partial charge on any atom is -0.267 e. The Balaban J connectivity index is 1.72. The maximum Gasteiger partial charge on any atom is 0.273 e. The first-order valence-electron chi connectivity index (χ1n) is 7.37. The molecule has 0 aliphatic carbocycles. The summed E-state index contributed by atoms with van der Waals surface area (Å²) in [7, 11) is 0. The summed E-state index contributed by atoms with van der Waals surface area (Å²) in [4.78, 5) is 28.1. The summed E-state index contributed by atoms with van der Waals surface area (Å²) in [5.41, 5.74) is 6.76. The number of benzene rings is 1. The van der Waals surface area contributed by atoms with Crippen molar-refractivity contribution in [1.29, 1.82) is 0 Å². The van der Waals surface area contributed by atoms with Crippen molar-refractivity contribution in [3.63, 3.8) is 0 Å². The quantitative estimate of drug-likeness (QED) is 0.705. The summed E-state index contributed by atoms with van der Waals surface area (Å²) in [6, 6.07) is 10.4. The molecule has 0 saturated carbocycles. The summed E-state index contributed by atoms with van der Waals surface area (Å²) in [5, 5.41) is 4.78. The molecular formula is C17H14ClN5O2. The lowest BCUT2D eigenvalue weighted by Gasteiger charge is -2.08. The summed E-state index contributed by atoms with van der Waals surface area (Å²) in [5.74, 6) is -0.927. The van der Waals surface area contributed by atoms with Gasteiger partial charge in [-0.1, -0.05) is 17.7 Å². The highest BCUT2D eigenvalue weighted by molar-refractivity contribution is 6.30. The molecule has 2 amide bonds. The summed E-state index contributed by atoms with van der Waals surface area (Å²) in [6.45, 7) is 1.76. The lowest BCUT2D eigenvalue weighted by molar-refractivity contribution is 0.0846. The molecule has 0 unspecified atom stereocenters. The van der Waals surface area contributed by atoms with Gasteiger partial charge in [-0.15, -0.1) is 0 Å². The van der Waals surface area contributed by atoms with Crippen molar-refractivity contribution in [2.45, 2.75) is 6.92 Å². The van der Waals surface area contributed by atoms with Gasteiger partial charge in [-0.2, -0.15) is 5.10 Å². The highest BCUT2D eigenvalue weighted by atomic mass is 35.5. The van der Waals surface area contributed by atoms with Crippen LogP contribution in [-0.2, 0) is 0 Å². The van der Waals surface area contributed by atoms with E-state index in [9.17, 15) is 9.59 Å². The first kappa shape index (κ1) is 16.7. The molecule has 0 radical (unpaired) electrons. The van der Waals surface area contributed by atoms with Gasteiger partial charge >= 0.3 is 0 Å². The number of halogens is 1. The SMILES string of the molecule is Cc1c(C(=O)NNC(=O)c2cccnc2)cnn1-c1cccc(Cl)c1. The van der Waals surface area contributed by atoms with Crippen LogP contribution in [0.15, 0.2) is 55.0 Å². The molecule has 0 aliphatic rings. The normalized spacial score (nSPS) is 10.3. The van der Waals surface area contributed by atoms with Crippen LogP contribution in [0.4, 0.5) is 0 Å². The fourth-order valence-corrected chi connectivity index (χ4v) is 2.44. The maximum atomic E-state index is 12.3. The molecule has 0 aliphatic heterocycles. The fraction of sp³-hybridized carbons (Fsp3) is 0.0588. The van der Waals surface area contributed by atoms with Gasteiger partial charge in [-0.25, -0.2) is 4.68 Å².